The van der Waals surface area contributed by atoms with Gasteiger partial charge in [-0.3, -0.25) is 0 Å². The molecule has 4 rings (SSSR count). The van der Waals surface area contributed by atoms with Crippen LogP contribution in [0.1, 0.15) is 19.4 Å². The predicted octanol–water partition coefficient (Wildman–Crippen LogP) is 3.34. The van der Waals surface area contributed by atoms with E-state index in [4.69, 9.17) is 4.98 Å². The summed E-state index contributed by atoms with van der Waals surface area (Å²) in [6, 6.07) is 4.06. The fourth-order valence-corrected chi connectivity index (χ4v) is 4.20. The molecule has 1 aliphatic rings. The van der Waals surface area contributed by atoms with Gasteiger partial charge in [0.05, 0.1) is 11.9 Å². The summed E-state index contributed by atoms with van der Waals surface area (Å²) in [7, 11) is 0. The number of hydrogen-bond donors (Lipinski definition) is 1. The van der Waals surface area contributed by atoms with Crippen molar-refractivity contribution in [1.82, 2.24) is 19.9 Å². The summed E-state index contributed by atoms with van der Waals surface area (Å²) in [5, 5.41) is 0. The van der Waals surface area contributed by atoms with Crippen LogP contribution in [0.5, 0.6) is 0 Å². The zero-order valence-electron chi connectivity index (χ0n) is 15.6. The molecule has 0 atom stereocenters. The Morgan fingerprint density at radius 2 is 2.11 bits per heavy atom. The Balaban J connectivity index is 1.68. The Hall–Kier alpha value is -2.41. The minimum Gasteiger partial charge on any atom is -0.355 e. The van der Waals surface area contributed by atoms with E-state index in [-0.39, 0.29) is 0 Å². The maximum atomic E-state index is 11.3. The first-order valence-corrected chi connectivity index (χ1v) is 10.3. The largest absolute Gasteiger partial charge is 0.355 e. The molecule has 1 saturated heterocycles. The molecular formula is C20H23N5OS. The smallest absolute Gasteiger partial charge is 0.156 e. The maximum absolute atomic E-state index is 11.3. The number of nitrogens with zero attached hydrogens (tertiary/aromatic N) is 4. The van der Waals surface area contributed by atoms with Crippen molar-refractivity contribution in [2.75, 3.05) is 29.5 Å². The monoisotopic (exact) mass is 381 g/mol. The number of aromatic amines is 1. The summed E-state index contributed by atoms with van der Waals surface area (Å²) < 4.78 is 0. The first-order valence-electron chi connectivity index (χ1n) is 9.14. The van der Waals surface area contributed by atoms with Crippen LogP contribution in [0.4, 0.5) is 5.82 Å². The minimum absolute atomic E-state index is 0.428. The third-order valence-corrected chi connectivity index (χ3v) is 5.74. The number of H-pyrrole nitrogens is 1. The van der Waals surface area contributed by atoms with Gasteiger partial charge in [0.15, 0.2) is 5.65 Å². The van der Waals surface area contributed by atoms with Gasteiger partial charge in [-0.2, -0.15) is 11.8 Å². The van der Waals surface area contributed by atoms with Gasteiger partial charge < -0.3 is 14.7 Å². The highest BCUT2D eigenvalue weighted by atomic mass is 32.2. The second-order valence-electron chi connectivity index (χ2n) is 7.55. The Bertz CT molecular complexity index is 962. The van der Waals surface area contributed by atoms with Gasteiger partial charge in [0.2, 0.25) is 0 Å². The lowest BCUT2D eigenvalue weighted by atomic mass is 9.88. The molecular weight excluding hydrogens is 358 g/mol. The molecule has 0 aliphatic carbocycles. The van der Waals surface area contributed by atoms with Crippen molar-refractivity contribution < 1.29 is 4.79 Å². The fourth-order valence-electron chi connectivity index (χ4n) is 3.29. The Kier molecular flexibility index (Phi) is 4.86. The molecule has 0 unspecified atom stereocenters. The van der Waals surface area contributed by atoms with Crippen LogP contribution in [-0.2, 0) is 11.2 Å². The van der Waals surface area contributed by atoms with Crippen molar-refractivity contribution in [3.63, 3.8) is 0 Å². The number of carbonyl (C=O) groups excluding carboxylic acids is 1. The number of anilines is 1. The average Bonchev–Trinajstić information content (AvgIpc) is 3.10. The number of hydrogen-bond acceptors (Lipinski definition) is 6. The van der Waals surface area contributed by atoms with E-state index in [2.05, 4.69) is 25.9 Å². The molecule has 1 fully saturated rings. The lowest BCUT2D eigenvalue weighted by Gasteiger charge is -2.27. The van der Waals surface area contributed by atoms with Crippen molar-refractivity contribution in [2.24, 2.45) is 5.41 Å². The number of aromatic nitrogens is 4. The van der Waals surface area contributed by atoms with Crippen molar-refractivity contribution >= 4 is 35.0 Å². The number of pyridine rings is 1. The van der Waals surface area contributed by atoms with Crippen LogP contribution < -0.4 is 4.90 Å². The average molecular weight is 382 g/mol. The second-order valence-corrected chi connectivity index (χ2v) is 8.78. The molecule has 27 heavy (non-hydrogen) atoms. The molecule has 3 aromatic heterocycles. The molecule has 0 saturated carbocycles. The topological polar surface area (TPSA) is 74.8 Å². The van der Waals surface area contributed by atoms with Crippen LogP contribution in [0, 0.1) is 5.41 Å². The molecule has 0 spiro atoms. The van der Waals surface area contributed by atoms with E-state index in [0.29, 0.717) is 6.42 Å². The third-order valence-electron chi connectivity index (χ3n) is 4.80. The van der Waals surface area contributed by atoms with Gasteiger partial charge >= 0.3 is 0 Å². The number of fused-ring (bicyclic) bond motifs is 1. The number of rotatable bonds is 5. The van der Waals surface area contributed by atoms with Crippen LogP contribution in [0.2, 0.25) is 0 Å². The van der Waals surface area contributed by atoms with Gasteiger partial charge in [0.25, 0.3) is 0 Å². The van der Waals surface area contributed by atoms with Crippen LogP contribution in [0.15, 0.2) is 30.7 Å². The lowest BCUT2D eigenvalue weighted by molar-refractivity contribution is -0.114. The third kappa shape index (κ3) is 3.83. The van der Waals surface area contributed by atoms with E-state index >= 15 is 0 Å². The van der Waals surface area contributed by atoms with Crippen molar-refractivity contribution in [1.29, 1.82) is 0 Å². The van der Waals surface area contributed by atoms with E-state index in [9.17, 15) is 4.79 Å². The van der Waals surface area contributed by atoms with Crippen molar-refractivity contribution in [3.8, 4) is 11.3 Å². The Labute approximate surface area is 162 Å². The normalized spacial score (nSPS) is 15.3. The first-order chi connectivity index (χ1) is 13.1. The van der Waals surface area contributed by atoms with Crippen LogP contribution >= 0.6 is 11.8 Å². The summed E-state index contributed by atoms with van der Waals surface area (Å²) in [6.07, 6.45) is 7.16. The quantitative estimate of drug-likeness (QED) is 0.683. The standard InChI is InChI=1S/C20H23N5OS/c1-20(2,13-26)10-15-11-22-19-18(15)24-16(12-23-19)14-3-4-21-17(9-14)25-5-7-27-8-6-25/h3-4,9,11-13H,5-8,10H2,1-2H3,(H,22,23). The minimum atomic E-state index is -0.428. The molecule has 7 heteroatoms. The summed E-state index contributed by atoms with van der Waals surface area (Å²) >= 11 is 1.98. The zero-order valence-corrected chi connectivity index (χ0v) is 16.4. The number of carbonyl (C=O) groups is 1. The molecule has 1 N–H and O–H groups in total. The van der Waals surface area contributed by atoms with E-state index in [1.54, 1.807) is 6.20 Å². The molecule has 0 aromatic carbocycles. The maximum Gasteiger partial charge on any atom is 0.156 e. The fraction of sp³-hybridized carbons (Fsp3) is 0.400. The van der Waals surface area contributed by atoms with E-state index in [1.807, 2.05) is 44.1 Å². The Morgan fingerprint density at radius 1 is 1.30 bits per heavy atom. The number of aldehydes is 1. The number of thioether (sulfide) groups is 1. The molecule has 0 bridgehead atoms. The molecule has 0 radical (unpaired) electrons. The SMILES string of the molecule is CC(C)(C=O)Cc1c[nH]c2ncc(-c3ccnc(N4CCSCC4)c3)nc12. The van der Waals surface area contributed by atoms with E-state index in [1.165, 1.54) is 0 Å². The number of nitrogens with one attached hydrogen (secondary N) is 1. The zero-order chi connectivity index (χ0) is 18.9. The van der Waals surface area contributed by atoms with Crippen LogP contribution in [0.3, 0.4) is 0 Å². The molecule has 6 nitrogen and oxygen atoms in total. The first kappa shape index (κ1) is 18.0. The lowest BCUT2D eigenvalue weighted by Crippen LogP contribution is -2.33. The molecule has 3 aromatic rings. The van der Waals surface area contributed by atoms with Crippen LogP contribution in [-0.4, -0.2) is 50.8 Å². The van der Waals surface area contributed by atoms with Gasteiger partial charge in [0, 0.05) is 48.0 Å². The highest BCUT2D eigenvalue weighted by Gasteiger charge is 2.21. The van der Waals surface area contributed by atoms with Gasteiger partial charge in [-0.1, -0.05) is 13.8 Å². The Morgan fingerprint density at radius 3 is 2.89 bits per heavy atom. The molecule has 4 heterocycles. The summed E-state index contributed by atoms with van der Waals surface area (Å²) in [4.78, 5) is 30.7. The molecule has 1 aliphatic heterocycles. The second kappa shape index (κ2) is 7.31. The van der Waals surface area contributed by atoms with Crippen molar-refractivity contribution in [3.05, 3.63) is 36.3 Å². The summed E-state index contributed by atoms with van der Waals surface area (Å²) in [6.45, 7) is 5.91. The van der Waals surface area contributed by atoms with Crippen molar-refractivity contribution in [2.45, 2.75) is 20.3 Å². The predicted molar refractivity (Wildman–Crippen MR) is 110 cm³/mol. The molecule has 0 amide bonds. The summed E-state index contributed by atoms with van der Waals surface area (Å²) in [5.74, 6) is 3.26. The van der Waals surface area contributed by atoms with E-state index in [0.717, 1.165) is 64.7 Å². The van der Waals surface area contributed by atoms with Gasteiger partial charge in [0.1, 0.15) is 17.6 Å². The summed E-state index contributed by atoms with van der Waals surface area (Å²) in [5.41, 5.74) is 3.99. The van der Waals surface area contributed by atoms with Gasteiger partial charge in [-0.25, -0.2) is 15.0 Å². The highest BCUT2D eigenvalue weighted by Crippen LogP contribution is 2.27. The van der Waals surface area contributed by atoms with Crippen LogP contribution in [0.25, 0.3) is 22.4 Å². The highest BCUT2D eigenvalue weighted by molar-refractivity contribution is 7.99. The van der Waals surface area contributed by atoms with Gasteiger partial charge in [-0.15, -0.1) is 0 Å². The van der Waals surface area contributed by atoms with Gasteiger partial charge in [-0.05, 0) is 24.1 Å². The molecule has 140 valence electrons. The van der Waals surface area contributed by atoms with E-state index < -0.39 is 5.41 Å².